The minimum atomic E-state index is -0.933. The van der Waals surface area contributed by atoms with Crippen LogP contribution in [-0.4, -0.2) is 59.3 Å². The van der Waals surface area contributed by atoms with Gasteiger partial charge in [0.05, 0.1) is 0 Å². The number of hydrogen-bond acceptors (Lipinski definition) is 6. The third-order valence-electron chi connectivity index (χ3n) is 4.12. The average molecular weight is 408 g/mol. The first-order valence-corrected chi connectivity index (χ1v) is 11.4. The molecule has 0 saturated heterocycles. The van der Waals surface area contributed by atoms with E-state index in [1.807, 2.05) is 6.26 Å². The molecule has 7 N–H and O–H groups in total. The van der Waals surface area contributed by atoms with Crippen LogP contribution in [0, 0.1) is 0 Å². The molecule has 0 radical (unpaired) electrons. The van der Waals surface area contributed by atoms with Gasteiger partial charge in [0.15, 0.2) is 0 Å². The van der Waals surface area contributed by atoms with Crippen LogP contribution >= 0.6 is 11.8 Å². The maximum atomic E-state index is 10.9. The Morgan fingerprint density at radius 3 is 2.11 bits per heavy atom. The second-order valence-corrected chi connectivity index (χ2v) is 7.61. The van der Waals surface area contributed by atoms with E-state index >= 15 is 0 Å². The molecule has 0 aliphatic heterocycles. The zero-order valence-corrected chi connectivity index (χ0v) is 17.9. The highest BCUT2D eigenvalue weighted by molar-refractivity contribution is 7.98. The number of carboxylic acids is 2. The minimum Gasteiger partial charge on any atom is -0.480 e. The standard InChI is InChI=1S/C13H27NO2S.C6H14N2O2/c1-3-4-5-6-7-8-10-14-12(13(15)16)9-11-17-2;7-4-2-1-3-5(8)6(9)10/h12,14H,3-11H2,1-2H3,(H,15,16);5H,1-4,7-8H2,(H,9,10). The second-order valence-electron chi connectivity index (χ2n) is 6.62. The molecule has 0 aromatic carbocycles. The van der Waals surface area contributed by atoms with Gasteiger partial charge in [-0.05, 0) is 50.8 Å². The molecule has 0 fully saturated rings. The van der Waals surface area contributed by atoms with Gasteiger partial charge in [-0.2, -0.15) is 11.8 Å². The molecule has 2 atom stereocenters. The van der Waals surface area contributed by atoms with Crippen molar-refractivity contribution in [1.29, 1.82) is 0 Å². The van der Waals surface area contributed by atoms with E-state index in [-0.39, 0.29) is 6.04 Å². The molecular formula is C19H41N3O4S. The maximum Gasteiger partial charge on any atom is 0.320 e. The topological polar surface area (TPSA) is 139 Å². The first kappa shape index (κ1) is 28.4. The second kappa shape index (κ2) is 21.5. The van der Waals surface area contributed by atoms with Crippen molar-refractivity contribution in [3.63, 3.8) is 0 Å². The minimum absolute atomic E-state index is 0.363. The molecule has 27 heavy (non-hydrogen) atoms. The first-order chi connectivity index (χ1) is 12.9. The van der Waals surface area contributed by atoms with E-state index in [0.717, 1.165) is 31.6 Å². The molecule has 2 unspecified atom stereocenters. The number of hydrogen-bond donors (Lipinski definition) is 5. The number of aliphatic carboxylic acids is 2. The van der Waals surface area contributed by atoms with Crippen molar-refractivity contribution in [2.24, 2.45) is 11.5 Å². The fourth-order valence-corrected chi connectivity index (χ4v) is 2.83. The van der Waals surface area contributed by atoms with Crippen LogP contribution in [0.3, 0.4) is 0 Å². The van der Waals surface area contributed by atoms with Crippen LogP contribution in [0.5, 0.6) is 0 Å². The summed E-state index contributed by atoms with van der Waals surface area (Å²) in [4.78, 5) is 21.1. The summed E-state index contributed by atoms with van der Waals surface area (Å²) >= 11 is 1.70. The van der Waals surface area contributed by atoms with Gasteiger partial charge in [-0.15, -0.1) is 0 Å². The summed E-state index contributed by atoms with van der Waals surface area (Å²) in [5, 5.41) is 20.5. The van der Waals surface area contributed by atoms with Crippen molar-refractivity contribution in [3.05, 3.63) is 0 Å². The summed E-state index contributed by atoms with van der Waals surface area (Å²) in [5.74, 6) is -0.748. The lowest BCUT2D eigenvalue weighted by Gasteiger charge is -2.13. The van der Waals surface area contributed by atoms with Crippen molar-refractivity contribution in [1.82, 2.24) is 5.32 Å². The summed E-state index contributed by atoms with van der Waals surface area (Å²) < 4.78 is 0. The van der Waals surface area contributed by atoms with Crippen molar-refractivity contribution in [2.45, 2.75) is 83.2 Å². The molecule has 0 bridgehead atoms. The average Bonchev–Trinajstić information content (AvgIpc) is 2.63. The Kier molecular flexibility index (Phi) is 22.6. The van der Waals surface area contributed by atoms with Crippen LogP contribution < -0.4 is 16.8 Å². The van der Waals surface area contributed by atoms with Crippen LogP contribution in [0.25, 0.3) is 0 Å². The zero-order valence-electron chi connectivity index (χ0n) is 17.1. The quantitative estimate of drug-likeness (QED) is 0.232. The van der Waals surface area contributed by atoms with Gasteiger partial charge < -0.3 is 27.0 Å². The number of carboxylic acid groups (broad SMARTS) is 2. The largest absolute Gasteiger partial charge is 0.480 e. The summed E-state index contributed by atoms with van der Waals surface area (Å²) in [6.45, 7) is 3.65. The Labute approximate surface area is 169 Å². The third-order valence-corrected chi connectivity index (χ3v) is 4.76. The van der Waals surface area contributed by atoms with E-state index in [1.54, 1.807) is 11.8 Å². The van der Waals surface area contributed by atoms with Crippen LogP contribution in [0.1, 0.15) is 71.1 Å². The Morgan fingerprint density at radius 1 is 0.963 bits per heavy atom. The molecule has 0 aliphatic rings. The predicted octanol–water partition coefficient (Wildman–Crippen LogP) is 2.67. The molecule has 0 spiro atoms. The molecule has 0 aliphatic carbocycles. The molecule has 0 aromatic rings. The normalized spacial score (nSPS) is 12.7. The van der Waals surface area contributed by atoms with Crippen LogP contribution in [0.15, 0.2) is 0 Å². The van der Waals surface area contributed by atoms with Gasteiger partial charge in [0, 0.05) is 0 Å². The van der Waals surface area contributed by atoms with Gasteiger partial charge in [-0.25, -0.2) is 0 Å². The molecule has 0 saturated carbocycles. The monoisotopic (exact) mass is 407 g/mol. The van der Waals surface area contributed by atoms with Crippen LogP contribution in [0.4, 0.5) is 0 Å². The van der Waals surface area contributed by atoms with Crippen LogP contribution in [-0.2, 0) is 9.59 Å². The fraction of sp³-hybridized carbons (Fsp3) is 0.895. The van der Waals surface area contributed by atoms with E-state index < -0.39 is 18.0 Å². The molecule has 7 nitrogen and oxygen atoms in total. The SMILES string of the molecule is CCCCCCCCNC(CCSC)C(=O)O.NCCCCC(N)C(=O)O. The number of nitrogens with one attached hydrogen (secondary N) is 1. The molecule has 0 amide bonds. The van der Waals surface area contributed by atoms with E-state index in [9.17, 15) is 9.59 Å². The lowest BCUT2D eigenvalue weighted by atomic mass is 10.1. The lowest BCUT2D eigenvalue weighted by molar-refractivity contribution is -0.140. The highest BCUT2D eigenvalue weighted by atomic mass is 32.2. The van der Waals surface area contributed by atoms with E-state index in [1.165, 1.54) is 32.1 Å². The number of rotatable bonds is 17. The van der Waals surface area contributed by atoms with E-state index in [0.29, 0.717) is 19.4 Å². The summed E-state index contributed by atoms with van der Waals surface area (Å²) in [6, 6.07) is -1.08. The van der Waals surface area contributed by atoms with Gasteiger partial charge in [-0.3, -0.25) is 9.59 Å². The van der Waals surface area contributed by atoms with Gasteiger partial charge >= 0.3 is 11.9 Å². The third kappa shape index (κ3) is 21.3. The number of unbranched alkanes of at least 4 members (excludes halogenated alkanes) is 6. The van der Waals surface area contributed by atoms with Gasteiger partial charge in [-0.1, -0.05) is 45.4 Å². The van der Waals surface area contributed by atoms with Crippen molar-refractivity contribution < 1.29 is 19.8 Å². The predicted molar refractivity (Wildman–Crippen MR) is 114 cm³/mol. The Balaban J connectivity index is 0. The smallest absolute Gasteiger partial charge is 0.320 e. The Morgan fingerprint density at radius 2 is 1.59 bits per heavy atom. The van der Waals surface area contributed by atoms with Crippen LogP contribution in [0.2, 0.25) is 0 Å². The van der Waals surface area contributed by atoms with Crippen molar-refractivity contribution in [2.75, 3.05) is 25.1 Å². The van der Waals surface area contributed by atoms with Gasteiger partial charge in [0.25, 0.3) is 0 Å². The maximum absolute atomic E-state index is 10.9. The van der Waals surface area contributed by atoms with E-state index in [4.69, 9.17) is 21.7 Å². The Bertz CT molecular complexity index is 360. The first-order valence-electron chi connectivity index (χ1n) is 10.0. The highest BCUT2D eigenvalue weighted by Gasteiger charge is 2.15. The summed E-state index contributed by atoms with van der Waals surface area (Å²) in [7, 11) is 0. The number of carbonyl (C=O) groups is 2. The fourth-order valence-electron chi connectivity index (χ4n) is 2.36. The van der Waals surface area contributed by atoms with E-state index in [2.05, 4.69) is 12.2 Å². The molecule has 0 heterocycles. The zero-order chi connectivity index (χ0) is 20.9. The highest BCUT2D eigenvalue weighted by Crippen LogP contribution is 2.05. The van der Waals surface area contributed by atoms with Gasteiger partial charge in [0.1, 0.15) is 12.1 Å². The molecular weight excluding hydrogens is 366 g/mol. The molecule has 0 aromatic heterocycles. The molecule has 8 heteroatoms. The summed E-state index contributed by atoms with van der Waals surface area (Å²) in [5.41, 5.74) is 10.4. The molecule has 162 valence electrons. The number of nitrogens with two attached hydrogens (primary N) is 2. The Hall–Kier alpha value is -0.830. The van der Waals surface area contributed by atoms with Crippen molar-refractivity contribution in [3.8, 4) is 0 Å². The number of thioether (sulfide) groups is 1. The van der Waals surface area contributed by atoms with Gasteiger partial charge in [0.2, 0.25) is 0 Å². The summed E-state index contributed by atoms with van der Waals surface area (Å²) in [6.07, 6.45) is 12.4. The molecule has 0 rings (SSSR count). The lowest BCUT2D eigenvalue weighted by Crippen LogP contribution is -2.37. The van der Waals surface area contributed by atoms with Crippen molar-refractivity contribution >= 4 is 23.7 Å².